The van der Waals surface area contributed by atoms with Gasteiger partial charge in [0.1, 0.15) is 48.8 Å². The Morgan fingerprint density at radius 2 is 0.663 bits per heavy atom. The van der Waals surface area contributed by atoms with Crippen molar-refractivity contribution in [2.75, 3.05) is 19.8 Å². The molecule has 2 aliphatic rings. The van der Waals surface area contributed by atoms with E-state index in [1.165, 1.54) is 263 Å². The zero-order valence-corrected chi connectivity index (χ0v) is 66.5. The number of hydrogen-bond donors (Lipinski definition) is 9. The van der Waals surface area contributed by atoms with Crippen molar-refractivity contribution in [1.82, 2.24) is 5.32 Å². The van der Waals surface area contributed by atoms with E-state index in [4.69, 9.17) is 18.9 Å². The molecule has 0 bridgehead atoms. The molecule has 604 valence electrons. The third kappa shape index (κ3) is 54.5. The van der Waals surface area contributed by atoms with Gasteiger partial charge in [-0.3, -0.25) is 4.79 Å². The van der Waals surface area contributed by atoms with Gasteiger partial charge in [0.25, 0.3) is 0 Å². The molecule has 0 aromatic heterocycles. The van der Waals surface area contributed by atoms with Crippen LogP contribution in [0, 0.1) is 0 Å². The van der Waals surface area contributed by atoms with E-state index in [1.807, 2.05) is 6.08 Å². The fourth-order valence-electron chi connectivity index (χ4n) is 14.0. The van der Waals surface area contributed by atoms with Gasteiger partial charge in [-0.05, 0) is 77.0 Å². The van der Waals surface area contributed by atoms with Crippen LogP contribution in [0.3, 0.4) is 0 Å². The van der Waals surface area contributed by atoms with Crippen molar-refractivity contribution in [3.8, 4) is 0 Å². The monoisotopic (exact) mass is 1460 g/mol. The van der Waals surface area contributed by atoms with E-state index in [2.05, 4.69) is 104 Å². The molecule has 2 aliphatic heterocycles. The third-order valence-corrected chi connectivity index (χ3v) is 20.8. The lowest BCUT2D eigenvalue weighted by Crippen LogP contribution is -2.65. The predicted octanol–water partition coefficient (Wildman–Crippen LogP) is 20.8. The molecule has 1 amide bonds. The molecule has 14 heteroatoms. The van der Waals surface area contributed by atoms with Crippen LogP contribution in [0.5, 0.6) is 0 Å². The van der Waals surface area contributed by atoms with E-state index in [1.54, 1.807) is 6.08 Å². The van der Waals surface area contributed by atoms with Gasteiger partial charge in [0.05, 0.1) is 32.0 Å². The maximum atomic E-state index is 13.4. The molecule has 12 atom stereocenters. The van der Waals surface area contributed by atoms with Crippen molar-refractivity contribution >= 4 is 5.91 Å². The first-order valence-electron chi connectivity index (χ1n) is 43.5. The molecule has 0 spiro atoms. The number of aliphatic hydroxyl groups excluding tert-OH is 8. The summed E-state index contributed by atoms with van der Waals surface area (Å²) >= 11 is 0. The molecule has 2 heterocycles. The Labute approximate surface area is 636 Å². The predicted molar refractivity (Wildman–Crippen MR) is 433 cm³/mol. The number of nitrogens with one attached hydrogen (secondary N) is 1. The van der Waals surface area contributed by atoms with Crippen LogP contribution in [0.25, 0.3) is 0 Å². The normalized spacial score (nSPS) is 21.9. The Balaban J connectivity index is 1.57. The summed E-state index contributed by atoms with van der Waals surface area (Å²) in [6.45, 7) is 2.74. The number of allylic oxidation sites excluding steroid dienone is 15. The molecule has 14 nitrogen and oxygen atoms in total. The molecule has 9 N–H and O–H groups in total. The molecule has 0 radical (unpaired) electrons. The lowest BCUT2D eigenvalue weighted by molar-refractivity contribution is -0.359. The summed E-state index contributed by atoms with van der Waals surface area (Å²) in [6, 6.07) is -0.920. The SMILES string of the molecule is CC/C=C\C/C=C\C/C=C\C/C=C\C/C=C\C/C=C\C/C=C\CCCCCCCCCCCCCCCCCCCCCC(=O)NC(COC1OC(CO)C(OC2OC(CO)C(O)C(O)C2O)C(O)C1O)C(O)/C=C/CCCCCCCCCCCCCCCCCCCCCCCCCCCCC. The van der Waals surface area contributed by atoms with Gasteiger partial charge >= 0.3 is 0 Å². The molecule has 0 saturated carbocycles. The third-order valence-electron chi connectivity index (χ3n) is 20.8. The lowest BCUT2D eigenvalue weighted by Gasteiger charge is -2.46. The largest absolute Gasteiger partial charge is 0.394 e. The van der Waals surface area contributed by atoms with Crippen LogP contribution in [-0.4, -0.2) is 140 Å². The molecule has 0 aliphatic carbocycles. The first-order chi connectivity index (χ1) is 51.1. The van der Waals surface area contributed by atoms with E-state index in [0.29, 0.717) is 6.42 Å². The van der Waals surface area contributed by atoms with E-state index in [9.17, 15) is 45.6 Å². The zero-order chi connectivity index (χ0) is 75.1. The van der Waals surface area contributed by atoms with E-state index >= 15 is 0 Å². The number of unbranched alkanes of at least 4 members (excludes halogenated alkanes) is 46. The summed E-state index contributed by atoms with van der Waals surface area (Å²) in [6.07, 6.45) is 87.9. The number of amides is 1. The summed E-state index contributed by atoms with van der Waals surface area (Å²) < 4.78 is 23.0. The van der Waals surface area contributed by atoms with Gasteiger partial charge in [-0.15, -0.1) is 0 Å². The quantitative estimate of drug-likeness (QED) is 0.0204. The van der Waals surface area contributed by atoms with Gasteiger partial charge in [-0.1, -0.05) is 387 Å². The zero-order valence-electron chi connectivity index (χ0n) is 66.5. The Morgan fingerprint density at radius 3 is 1.02 bits per heavy atom. The van der Waals surface area contributed by atoms with Crippen molar-refractivity contribution in [3.05, 3.63) is 97.2 Å². The molecular weight excluding hydrogens is 1300 g/mol. The molecule has 2 saturated heterocycles. The first kappa shape index (κ1) is 97.0. The standard InChI is InChI=1S/C90H161NO13/c1-3-5-7-9-11-13-15-17-19-21-23-25-27-29-31-33-34-35-36-37-38-39-40-41-42-43-44-46-48-50-52-54-56-58-60-62-64-66-68-70-72-74-82(95)91-78(77-101-89-87(100)85(98)88(81(76-93)103-89)104-90-86(99)84(97)83(96)80(75-92)102-90)79(94)73-71-69-67-65-63-61-59-57-55-53-51-49-47-45-32-30-28-26-24-22-20-18-16-14-12-10-8-6-4-2/h5,7,11,13,17,19,23,25,29,31,34-35,37-38,71,73,78-81,83-90,92-94,96-100H,3-4,6,8-10,12,14-16,18,20-22,24,26-28,30,32-33,36,39-70,72,74-77H2,1-2H3,(H,91,95)/b7-5-,13-11-,19-17-,25-23-,31-29-,35-34-,38-37-,73-71+. The minimum Gasteiger partial charge on any atom is -0.394 e. The van der Waals surface area contributed by atoms with Gasteiger partial charge in [0.2, 0.25) is 5.91 Å². The Bertz CT molecular complexity index is 2120. The first-order valence-corrected chi connectivity index (χ1v) is 43.5. The molecular formula is C90H161NO13. The van der Waals surface area contributed by atoms with Gasteiger partial charge in [0, 0.05) is 6.42 Å². The average Bonchev–Trinajstić information content (AvgIpc) is 0.789. The van der Waals surface area contributed by atoms with E-state index in [-0.39, 0.29) is 18.9 Å². The highest BCUT2D eigenvalue weighted by Gasteiger charge is 2.51. The Morgan fingerprint density at radius 1 is 0.356 bits per heavy atom. The Hall–Kier alpha value is -3.09. The van der Waals surface area contributed by atoms with E-state index < -0.39 is 86.8 Å². The summed E-state index contributed by atoms with van der Waals surface area (Å²) in [5, 5.41) is 87.8. The molecule has 2 rings (SSSR count). The van der Waals surface area contributed by atoms with Gasteiger partial charge in [-0.25, -0.2) is 0 Å². The molecule has 12 unspecified atom stereocenters. The number of aliphatic hydroxyl groups is 8. The topological polar surface area (TPSA) is 228 Å². The van der Waals surface area contributed by atoms with Crippen molar-refractivity contribution in [2.24, 2.45) is 0 Å². The van der Waals surface area contributed by atoms with Crippen LogP contribution in [-0.2, 0) is 23.7 Å². The average molecular weight is 1470 g/mol. The second-order valence-corrected chi connectivity index (χ2v) is 30.3. The fraction of sp³-hybridized carbons (Fsp3) is 0.811. The summed E-state index contributed by atoms with van der Waals surface area (Å²) in [4.78, 5) is 13.4. The lowest BCUT2D eigenvalue weighted by atomic mass is 9.97. The van der Waals surface area contributed by atoms with Crippen molar-refractivity contribution in [1.29, 1.82) is 0 Å². The van der Waals surface area contributed by atoms with Gasteiger partial charge < -0.3 is 65.1 Å². The maximum absolute atomic E-state index is 13.4. The molecule has 0 aromatic rings. The van der Waals surface area contributed by atoms with Crippen LogP contribution < -0.4 is 5.32 Å². The highest BCUT2D eigenvalue weighted by atomic mass is 16.7. The summed E-state index contributed by atoms with van der Waals surface area (Å²) in [7, 11) is 0. The van der Waals surface area contributed by atoms with Crippen LogP contribution in [0.1, 0.15) is 373 Å². The van der Waals surface area contributed by atoms with Crippen LogP contribution in [0.2, 0.25) is 0 Å². The second-order valence-electron chi connectivity index (χ2n) is 30.3. The maximum Gasteiger partial charge on any atom is 0.220 e. The van der Waals surface area contributed by atoms with Crippen molar-refractivity contribution in [3.63, 3.8) is 0 Å². The summed E-state index contributed by atoms with van der Waals surface area (Å²) in [5.41, 5.74) is 0. The van der Waals surface area contributed by atoms with Crippen LogP contribution >= 0.6 is 0 Å². The second kappa shape index (κ2) is 72.8. The van der Waals surface area contributed by atoms with Crippen molar-refractivity contribution in [2.45, 2.75) is 447 Å². The number of hydrogen-bond acceptors (Lipinski definition) is 13. The summed E-state index contributed by atoms with van der Waals surface area (Å²) in [5.74, 6) is -0.234. The minimum atomic E-state index is -1.79. The molecule has 2 fully saturated rings. The number of rotatable bonds is 73. The van der Waals surface area contributed by atoms with E-state index in [0.717, 1.165) is 83.5 Å². The number of carbonyl (C=O) groups excluding carboxylic acids is 1. The van der Waals surface area contributed by atoms with Crippen molar-refractivity contribution < 1.29 is 64.6 Å². The van der Waals surface area contributed by atoms with Gasteiger partial charge in [-0.2, -0.15) is 0 Å². The fourth-order valence-corrected chi connectivity index (χ4v) is 14.0. The highest BCUT2D eigenvalue weighted by Crippen LogP contribution is 2.30. The smallest absolute Gasteiger partial charge is 0.220 e. The number of carbonyl (C=O) groups is 1. The van der Waals surface area contributed by atoms with Crippen LogP contribution in [0.4, 0.5) is 0 Å². The van der Waals surface area contributed by atoms with Gasteiger partial charge in [0.15, 0.2) is 12.6 Å². The number of ether oxygens (including phenoxy) is 4. The highest BCUT2D eigenvalue weighted by molar-refractivity contribution is 5.76. The Kier molecular flexibility index (Phi) is 67.8. The molecule has 0 aromatic carbocycles. The molecule has 104 heavy (non-hydrogen) atoms. The van der Waals surface area contributed by atoms with Crippen LogP contribution in [0.15, 0.2) is 97.2 Å². The minimum absolute atomic E-state index is 0.234.